The molecule has 2 amide bonds. The Kier molecular flexibility index (Phi) is 8.63. The van der Waals surface area contributed by atoms with Crippen molar-refractivity contribution in [2.45, 2.75) is 24.4 Å². The van der Waals surface area contributed by atoms with Crippen LogP contribution in [0, 0.1) is 5.82 Å². The number of para-hydroxylation sites is 1. The predicted octanol–water partition coefficient (Wildman–Crippen LogP) is 3.95. The minimum Gasteiger partial charge on any atom is -0.357 e. The van der Waals surface area contributed by atoms with E-state index in [0.717, 1.165) is 20.4 Å². The van der Waals surface area contributed by atoms with E-state index in [1.807, 2.05) is 6.07 Å². The highest BCUT2D eigenvalue weighted by Crippen LogP contribution is 2.27. The number of hydrogen-bond acceptors (Lipinski definition) is 4. The fourth-order valence-corrected chi connectivity index (χ4v) is 5.40. The van der Waals surface area contributed by atoms with Gasteiger partial charge < -0.3 is 10.2 Å². The molecule has 1 N–H and O–H groups in total. The Bertz CT molecular complexity index is 1300. The Balaban J connectivity index is 2.04. The van der Waals surface area contributed by atoms with E-state index in [4.69, 9.17) is 0 Å². The van der Waals surface area contributed by atoms with Gasteiger partial charge >= 0.3 is 0 Å². The van der Waals surface area contributed by atoms with Crippen LogP contribution in [0.3, 0.4) is 0 Å². The molecule has 0 aliphatic heterocycles. The molecule has 3 aromatic rings. The summed E-state index contributed by atoms with van der Waals surface area (Å²) in [4.78, 5) is 27.2. The molecule has 0 radical (unpaired) electrons. The first-order valence-corrected chi connectivity index (χ1v) is 13.0. The van der Waals surface area contributed by atoms with Gasteiger partial charge in [-0.25, -0.2) is 12.8 Å². The Morgan fingerprint density at radius 1 is 1.00 bits per heavy atom. The molecular formula is C25H25BrFN3O4S. The van der Waals surface area contributed by atoms with Crippen molar-refractivity contribution in [1.82, 2.24) is 10.2 Å². The van der Waals surface area contributed by atoms with E-state index in [2.05, 4.69) is 21.2 Å². The standard InChI is InChI=1S/C25H25BrFN3O4S/c1-18(25(32)28-2)29(16-19-9-8-10-20(26)15-19)24(31)17-30(23-14-7-6-13-22(23)27)35(33,34)21-11-4-3-5-12-21/h3-15,18H,16-17H2,1-2H3,(H,28,32). The van der Waals surface area contributed by atoms with Crippen molar-refractivity contribution >= 4 is 43.5 Å². The summed E-state index contributed by atoms with van der Waals surface area (Å²) in [5.41, 5.74) is 0.464. The zero-order valence-electron chi connectivity index (χ0n) is 19.2. The number of carbonyl (C=O) groups excluding carboxylic acids is 2. The Morgan fingerprint density at radius 3 is 2.29 bits per heavy atom. The van der Waals surface area contributed by atoms with Crippen LogP contribution in [-0.4, -0.2) is 44.8 Å². The van der Waals surface area contributed by atoms with Gasteiger partial charge in [-0.2, -0.15) is 0 Å². The molecule has 184 valence electrons. The quantitative estimate of drug-likeness (QED) is 0.428. The zero-order chi connectivity index (χ0) is 25.6. The number of halogens is 2. The lowest BCUT2D eigenvalue weighted by atomic mass is 10.1. The van der Waals surface area contributed by atoms with E-state index in [0.29, 0.717) is 0 Å². The first-order valence-electron chi connectivity index (χ1n) is 10.7. The predicted molar refractivity (Wildman–Crippen MR) is 136 cm³/mol. The van der Waals surface area contributed by atoms with Crippen molar-refractivity contribution in [3.05, 3.63) is 94.7 Å². The number of nitrogens with zero attached hydrogens (tertiary/aromatic N) is 2. The second-order valence-corrected chi connectivity index (χ2v) is 10.5. The van der Waals surface area contributed by atoms with E-state index in [1.165, 1.54) is 42.3 Å². The van der Waals surface area contributed by atoms with Crippen LogP contribution in [0.1, 0.15) is 12.5 Å². The van der Waals surface area contributed by atoms with Crippen LogP contribution in [-0.2, 0) is 26.2 Å². The maximum atomic E-state index is 14.8. The maximum Gasteiger partial charge on any atom is 0.264 e. The first kappa shape index (κ1) is 26.4. The lowest BCUT2D eigenvalue weighted by Gasteiger charge is -2.31. The highest BCUT2D eigenvalue weighted by atomic mass is 79.9. The number of anilines is 1. The van der Waals surface area contributed by atoms with Crippen molar-refractivity contribution < 1.29 is 22.4 Å². The molecule has 0 saturated heterocycles. The second kappa shape index (κ2) is 11.5. The first-order chi connectivity index (χ1) is 16.6. The largest absolute Gasteiger partial charge is 0.357 e. The highest BCUT2D eigenvalue weighted by Gasteiger charge is 2.33. The van der Waals surface area contributed by atoms with Gasteiger partial charge in [-0.1, -0.05) is 58.4 Å². The maximum absolute atomic E-state index is 14.8. The van der Waals surface area contributed by atoms with E-state index in [1.54, 1.807) is 43.3 Å². The van der Waals surface area contributed by atoms with Crippen molar-refractivity contribution in [3.8, 4) is 0 Å². The molecule has 1 unspecified atom stereocenters. The van der Waals surface area contributed by atoms with Crippen LogP contribution in [0.4, 0.5) is 10.1 Å². The fourth-order valence-electron chi connectivity index (χ4n) is 3.51. The number of amides is 2. The third-order valence-electron chi connectivity index (χ3n) is 5.39. The summed E-state index contributed by atoms with van der Waals surface area (Å²) < 4.78 is 43.3. The molecule has 0 fully saturated rings. The lowest BCUT2D eigenvalue weighted by Crippen LogP contribution is -2.50. The van der Waals surface area contributed by atoms with Gasteiger partial charge in [0.1, 0.15) is 18.4 Å². The van der Waals surface area contributed by atoms with E-state index in [-0.39, 0.29) is 17.1 Å². The molecular weight excluding hydrogens is 537 g/mol. The van der Waals surface area contributed by atoms with Gasteiger partial charge in [0.2, 0.25) is 11.8 Å². The summed E-state index contributed by atoms with van der Waals surface area (Å²) in [6.45, 7) is 0.894. The second-order valence-electron chi connectivity index (χ2n) is 7.72. The van der Waals surface area contributed by atoms with Crippen LogP contribution < -0.4 is 9.62 Å². The summed E-state index contributed by atoms with van der Waals surface area (Å²) in [6, 6.07) is 19.1. The van der Waals surface area contributed by atoms with Crippen molar-refractivity contribution in [1.29, 1.82) is 0 Å². The van der Waals surface area contributed by atoms with Crippen LogP contribution in [0.5, 0.6) is 0 Å². The molecule has 0 bridgehead atoms. The smallest absolute Gasteiger partial charge is 0.264 e. The molecule has 7 nitrogen and oxygen atoms in total. The van der Waals surface area contributed by atoms with Gasteiger partial charge in [0.25, 0.3) is 10.0 Å². The summed E-state index contributed by atoms with van der Waals surface area (Å²) >= 11 is 3.39. The van der Waals surface area contributed by atoms with Gasteiger partial charge in [0, 0.05) is 18.1 Å². The van der Waals surface area contributed by atoms with Crippen LogP contribution in [0.2, 0.25) is 0 Å². The third-order valence-corrected chi connectivity index (χ3v) is 7.65. The van der Waals surface area contributed by atoms with Gasteiger partial charge in [-0.15, -0.1) is 0 Å². The Labute approximate surface area is 212 Å². The molecule has 35 heavy (non-hydrogen) atoms. The van der Waals surface area contributed by atoms with Gasteiger partial charge in [-0.05, 0) is 48.9 Å². The summed E-state index contributed by atoms with van der Waals surface area (Å²) in [6.07, 6.45) is 0. The molecule has 0 heterocycles. The lowest BCUT2D eigenvalue weighted by molar-refractivity contribution is -0.139. The molecule has 0 saturated carbocycles. The SMILES string of the molecule is CNC(=O)C(C)N(Cc1cccc(Br)c1)C(=O)CN(c1ccccc1F)S(=O)(=O)c1ccccc1. The molecule has 0 spiro atoms. The summed E-state index contributed by atoms with van der Waals surface area (Å²) in [7, 11) is -2.85. The van der Waals surface area contributed by atoms with E-state index in [9.17, 15) is 22.4 Å². The Hall–Kier alpha value is -3.24. The van der Waals surface area contributed by atoms with E-state index >= 15 is 0 Å². The highest BCUT2D eigenvalue weighted by molar-refractivity contribution is 9.10. The average molecular weight is 562 g/mol. The summed E-state index contributed by atoms with van der Waals surface area (Å²) in [5.74, 6) is -1.88. The van der Waals surface area contributed by atoms with Crippen molar-refractivity contribution in [3.63, 3.8) is 0 Å². The normalized spacial score (nSPS) is 12.0. The minimum atomic E-state index is -4.30. The number of likely N-dealkylation sites (N-methyl/N-ethyl adjacent to an activating group) is 1. The third kappa shape index (κ3) is 6.26. The van der Waals surface area contributed by atoms with Crippen molar-refractivity contribution in [2.24, 2.45) is 0 Å². The number of rotatable bonds is 9. The van der Waals surface area contributed by atoms with Gasteiger partial charge in [0.05, 0.1) is 10.6 Å². The average Bonchev–Trinajstić information content (AvgIpc) is 2.85. The fraction of sp³-hybridized carbons (Fsp3) is 0.200. The monoisotopic (exact) mass is 561 g/mol. The molecule has 10 heteroatoms. The number of hydrogen-bond donors (Lipinski definition) is 1. The number of nitrogens with one attached hydrogen (secondary N) is 1. The van der Waals surface area contributed by atoms with Crippen LogP contribution in [0.15, 0.2) is 88.2 Å². The molecule has 3 aromatic carbocycles. The van der Waals surface area contributed by atoms with E-state index < -0.39 is 40.2 Å². The van der Waals surface area contributed by atoms with Gasteiger partial charge in [-0.3, -0.25) is 13.9 Å². The Morgan fingerprint density at radius 2 is 1.66 bits per heavy atom. The summed E-state index contributed by atoms with van der Waals surface area (Å²) in [5, 5.41) is 2.51. The molecule has 3 rings (SSSR count). The van der Waals surface area contributed by atoms with Crippen LogP contribution in [0.25, 0.3) is 0 Å². The number of sulfonamides is 1. The van der Waals surface area contributed by atoms with Crippen molar-refractivity contribution in [2.75, 3.05) is 17.9 Å². The number of benzene rings is 3. The van der Waals surface area contributed by atoms with Gasteiger partial charge in [0.15, 0.2) is 0 Å². The molecule has 0 aromatic heterocycles. The molecule has 0 aliphatic rings. The van der Waals surface area contributed by atoms with Crippen LogP contribution >= 0.6 is 15.9 Å². The molecule has 0 aliphatic carbocycles. The zero-order valence-corrected chi connectivity index (χ0v) is 21.6. The minimum absolute atomic E-state index is 0.0450. The molecule has 1 atom stereocenters. The topological polar surface area (TPSA) is 86.8 Å². The number of carbonyl (C=O) groups is 2.